The Morgan fingerprint density at radius 1 is 1.19 bits per heavy atom. The normalized spacial score (nSPS) is 10.6. The van der Waals surface area contributed by atoms with Crippen molar-refractivity contribution in [1.82, 2.24) is 14.9 Å². The highest BCUT2D eigenvalue weighted by atomic mass is 16.3. The molecule has 3 aromatic rings. The highest BCUT2D eigenvalue weighted by Gasteiger charge is 2.15. The number of hydrogen-bond donors (Lipinski definition) is 2. The minimum Gasteiger partial charge on any atom is -0.469 e. The van der Waals surface area contributed by atoms with Gasteiger partial charge in [0.15, 0.2) is 0 Å². The standard InChI is InChI=1S/C19H20N4O3/c1-12-10-20-17(21-12)11-23(3)19(25)14-4-6-15(7-5-14)22-18(24)16-8-9-26-13(16)2/h4-10H,11H2,1-3H3,(H,20,21)(H,22,24). The van der Waals surface area contributed by atoms with Gasteiger partial charge in [-0.25, -0.2) is 4.98 Å². The lowest BCUT2D eigenvalue weighted by atomic mass is 10.1. The van der Waals surface area contributed by atoms with Crippen molar-refractivity contribution in [3.05, 3.63) is 71.2 Å². The van der Waals surface area contributed by atoms with Gasteiger partial charge in [-0.05, 0) is 44.2 Å². The molecule has 134 valence electrons. The average Bonchev–Trinajstić information content (AvgIpc) is 3.23. The van der Waals surface area contributed by atoms with E-state index in [2.05, 4.69) is 15.3 Å². The molecule has 0 saturated carbocycles. The fourth-order valence-electron chi connectivity index (χ4n) is 2.58. The van der Waals surface area contributed by atoms with Gasteiger partial charge in [0.05, 0.1) is 18.4 Å². The first-order valence-electron chi connectivity index (χ1n) is 8.15. The zero-order valence-electron chi connectivity index (χ0n) is 14.9. The number of H-pyrrole nitrogens is 1. The molecular weight excluding hydrogens is 332 g/mol. The summed E-state index contributed by atoms with van der Waals surface area (Å²) in [6.07, 6.45) is 3.20. The fourth-order valence-corrected chi connectivity index (χ4v) is 2.58. The number of amides is 2. The van der Waals surface area contributed by atoms with Crippen LogP contribution in [0.1, 0.15) is 38.0 Å². The maximum absolute atomic E-state index is 12.5. The Balaban J connectivity index is 1.64. The van der Waals surface area contributed by atoms with Gasteiger partial charge in [0, 0.05) is 30.2 Å². The van der Waals surface area contributed by atoms with Gasteiger partial charge in [-0.15, -0.1) is 0 Å². The molecule has 0 atom stereocenters. The molecule has 2 heterocycles. The molecule has 26 heavy (non-hydrogen) atoms. The molecule has 1 aromatic carbocycles. The van der Waals surface area contributed by atoms with Crippen molar-refractivity contribution in [2.75, 3.05) is 12.4 Å². The van der Waals surface area contributed by atoms with E-state index < -0.39 is 0 Å². The molecule has 0 radical (unpaired) electrons. The number of aromatic amines is 1. The number of hydrogen-bond acceptors (Lipinski definition) is 4. The fraction of sp³-hybridized carbons (Fsp3) is 0.211. The van der Waals surface area contributed by atoms with Gasteiger partial charge in [0.2, 0.25) is 0 Å². The summed E-state index contributed by atoms with van der Waals surface area (Å²) in [7, 11) is 1.72. The number of carbonyl (C=O) groups excluding carboxylic acids is 2. The second-order valence-electron chi connectivity index (χ2n) is 6.10. The topological polar surface area (TPSA) is 91.2 Å². The van der Waals surface area contributed by atoms with Crippen LogP contribution in [0.4, 0.5) is 5.69 Å². The van der Waals surface area contributed by atoms with E-state index in [0.717, 1.165) is 11.5 Å². The van der Waals surface area contributed by atoms with Gasteiger partial charge in [0.25, 0.3) is 11.8 Å². The second-order valence-corrected chi connectivity index (χ2v) is 6.10. The summed E-state index contributed by atoms with van der Waals surface area (Å²) < 4.78 is 5.13. The minimum absolute atomic E-state index is 0.123. The van der Waals surface area contributed by atoms with Crippen LogP contribution >= 0.6 is 0 Å². The molecule has 0 bridgehead atoms. The van der Waals surface area contributed by atoms with Crippen molar-refractivity contribution < 1.29 is 14.0 Å². The van der Waals surface area contributed by atoms with Crippen molar-refractivity contribution in [2.24, 2.45) is 0 Å². The largest absolute Gasteiger partial charge is 0.469 e. The van der Waals surface area contributed by atoms with Crippen LogP contribution in [0.3, 0.4) is 0 Å². The lowest BCUT2D eigenvalue weighted by molar-refractivity contribution is 0.0781. The van der Waals surface area contributed by atoms with Gasteiger partial charge >= 0.3 is 0 Å². The van der Waals surface area contributed by atoms with E-state index in [1.54, 1.807) is 55.4 Å². The van der Waals surface area contributed by atoms with Crippen molar-refractivity contribution in [1.29, 1.82) is 0 Å². The molecule has 2 N–H and O–H groups in total. The Labute approximate surface area is 151 Å². The zero-order valence-corrected chi connectivity index (χ0v) is 14.9. The molecule has 0 aliphatic heterocycles. The Hall–Kier alpha value is -3.35. The predicted molar refractivity (Wildman–Crippen MR) is 97.0 cm³/mol. The minimum atomic E-state index is -0.249. The molecule has 0 aliphatic carbocycles. The summed E-state index contributed by atoms with van der Waals surface area (Å²) in [4.78, 5) is 33.6. The van der Waals surface area contributed by atoms with Gasteiger partial charge in [0.1, 0.15) is 11.6 Å². The number of anilines is 1. The smallest absolute Gasteiger partial charge is 0.259 e. The maximum atomic E-state index is 12.5. The third-order valence-electron chi connectivity index (χ3n) is 3.98. The van der Waals surface area contributed by atoms with Crippen LogP contribution in [-0.2, 0) is 6.54 Å². The van der Waals surface area contributed by atoms with Gasteiger partial charge < -0.3 is 19.6 Å². The van der Waals surface area contributed by atoms with Crippen LogP contribution < -0.4 is 5.32 Å². The highest BCUT2D eigenvalue weighted by Crippen LogP contribution is 2.15. The zero-order chi connectivity index (χ0) is 18.7. The van der Waals surface area contributed by atoms with Crippen LogP contribution in [0.2, 0.25) is 0 Å². The first-order valence-corrected chi connectivity index (χ1v) is 8.15. The highest BCUT2D eigenvalue weighted by molar-refractivity contribution is 6.05. The summed E-state index contributed by atoms with van der Waals surface area (Å²) in [6, 6.07) is 8.39. The number of imidazole rings is 1. The Bertz CT molecular complexity index is 924. The van der Waals surface area contributed by atoms with Crippen LogP contribution in [0.25, 0.3) is 0 Å². The molecule has 0 aliphatic rings. The van der Waals surface area contributed by atoms with Crippen molar-refractivity contribution >= 4 is 17.5 Å². The van der Waals surface area contributed by atoms with Gasteiger partial charge in [-0.2, -0.15) is 0 Å². The number of furan rings is 1. The van der Waals surface area contributed by atoms with E-state index in [9.17, 15) is 9.59 Å². The Kier molecular flexibility index (Phi) is 4.88. The molecule has 0 saturated heterocycles. The van der Waals surface area contributed by atoms with Crippen molar-refractivity contribution in [3.8, 4) is 0 Å². The van der Waals surface area contributed by atoms with Crippen molar-refractivity contribution in [2.45, 2.75) is 20.4 Å². The molecule has 0 fully saturated rings. The van der Waals surface area contributed by atoms with Crippen LogP contribution in [-0.4, -0.2) is 33.7 Å². The molecule has 3 rings (SSSR count). The Morgan fingerprint density at radius 3 is 2.50 bits per heavy atom. The summed E-state index contributed by atoms with van der Waals surface area (Å²) in [5.41, 5.74) is 2.58. The quantitative estimate of drug-likeness (QED) is 0.738. The second kappa shape index (κ2) is 7.26. The van der Waals surface area contributed by atoms with Crippen LogP contribution in [0.5, 0.6) is 0 Å². The molecule has 7 heteroatoms. The number of benzene rings is 1. The monoisotopic (exact) mass is 352 g/mol. The SMILES string of the molecule is Cc1cnc(CN(C)C(=O)c2ccc(NC(=O)c3ccoc3C)cc2)[nH]1. The van der Waals surface area contributed by atoms with Crippen molar-refractivity contribution in [3.63, 3.8) is 0 Å². The predicted octanol–water partition coefficient (Wildman–Crippen LogP) is 3.14. The number of nitrogens with zero attached hydrogens (tertiary/aromatic N) is 2. The number of aryl methyl sites for hydroxylation is 2. The summed E-state index contributed by atoms with van der Waals surface area (Å²) in [5.74, 6) is 0.921. The molecule has 0 spiro atoms. The lowest BCUT2D eigenvalue weighted by Crippen LogP contribution is -2.26. The van der Waals surface area contributed by atoms with E-state index >= 15 is 0 Å². The van der Waals surface area contributed by atoms with E-state index in [1.165, 1.54) is 6.26 Å². The number of aromatic nitrogens is 2. The Morgan fingerprint density at radius 2 is 1.92 bits per heavy atom. The number of carbonyl (C=O) groups is 2. The van der Waals surface area contributed by atoms with E-state index in [0.29, 0.717) is 29.1 Å². The lowest BCUT2D eigenvalue weighted by Gasteiger charge is -2.16. The average molecular weight is 352 g/mol. The van der Waals surface area contributed by atoms with Gasteiger partial charge in [-0.1, -0.05) is 0 Å². The van der Waals surface area contributed by atoms with Gasteiger partial charge in [-0.3, -0.25) is 9.59 Å². The number of rotatable bonds is 5. The first kappa shape index (κ1) is 17.5. The third-order valence-corrected chi connectivity index (χ3v) is 3.98. The van der Waals surface area contributed by atoms with E-state index in [1.807, 2.05) is 6.92 Å². The maximum Gasteiger partial charge on any atom is 0.259 e. The molecular formula is C19H20N4O3. The van der Waals surface area contributed by atoms with Crippen LogP contribution in [0.15, 0.2) is 47.2 Å². The first-order chi connectivity index (χ1) is 12.4. The molecule has 2 aromatic heterocycles. The van der Waals surface area contributed by atoms with E-state index in [4.69, 9.17) is 4.42 Å². The summed E-state index contributed by atoms with van der Waals surface area (Å²) >= 11 is 0. The van der Waals surface area contributed by atoms with E-state index in [-0.39, 0.29) is 11.8 Å². The van der Waals surface area contributed by atoms with Crippen LogP contribution in [0, 0.1) is 13.8 Å². The third kappa shape index (κ3) is 3.83. The number of nitrogens with one attached hydrogen (secondary N) is 2. The summed E-state index contributed by atoms with van der Waals surface area (Å²) in [5, 5.41) is 2.78. The molecule has 2 amide bonds. The summed E-state index contributed by atoms with van der Waals surface area (Å²) in [6.45, 7) is 4.04. The molecule has 7 nitrogen and oxygen atoms in total. The molecule has 0 unspecified atom stereocenters.